The van der Waals surface area contributed by atoms with Crippen LogP contribution in [0.4, 0.5) is 0 Å². The predicted octanol–water partition coefficient (Wildman–Crippen LogP) is -0.280. The molecule has 1 aromatic heterocycles. The van der Waals surface area contributed by atoms with E-state index in [-0.39, 0.29) is 17.2 Å². The van der Waals surface area contributed by atoms with Gasteiger partial charge in [0.25, 0.3) is 0 Å². The van der Waals surface area contributed by atoms with Gasteiger partial charge in [-0.05, 0) is 0 Å². The van der Waals surface area contributed by atoms with Crippen molar-refractivity contribution in [3.05, 3.63) is 17.0 Å². The maximum absolute atomic E-state index is 11.2. The van der Waals surface area contributed by atoms with Gasteiger partial charge < -0.3 is 0 Å². The molecule has 2 heterocycles. The first-order valence-corrected chi connectivity index (χ1v) is 5.51. The van der Waals surface area contributed by atoms with Crippen LogP contribution < -0.4 is 0 Å². The Bertz CT molecular complexity index is 507. The summed E-state index contributed by atoms with van der Waals surface area (Å²) in [5.74, 6) is -0.0351. The van der Waals surface area contributed by atoms with Crippen LogP contribution >= 0.6 is 0 Å². The first-order valence-electron chi connectivity index (χ1n) is 3.69. The standard InChI is InChI=1S/C7H7N3O2S/c1-10-7-4-13(11,12)3-5(7)6(2-8)9-10/h3-4H2,1H3. The normalized spacial score (nSPS) is 18.2. The van der Waals surface area contributed by atoms with Crippen molar-refractivity contribution in [3.63, 3.8) is 0 Å². The number of fused-ring (bicyclic) bond motifs is 1. The number of hydrogen-bond acceptors (Lipinski definition) is 4. The van der Waals surface area contributed by atoms with Crippen LogP contribution in [0.25, 0.3) is 0 Å². The first-order chi connectivity index (χ1) is 6.03. The SMILES string of the molecule is Cn1nc(C#N)c2c1CS(=O)(=O)C2. The van der Waals surface area contributed by atoms with E-state index in [1.165, 1.54) is 4.68 Å². The maximum atomic E-state index is 11.2. The molecule has 0 unspecified atom stereocenters. The molecule has 0 spiro atoms. The summed E-state index contributed by atoms with van der Waals surface area (Å²) in [6.07, 6.45) is 0. The third-order valence-electron chi connectivity index (χ3n) is 2.10. The molecular weight excluding hydrogens is 190 g/mol. The van der Waals surface area contributed by atoms with E-state index in [1.807, 2.05) is 6.07 Å². The average molecular weight is 197 g/mol. The second-order valence-corrected chi connectivity index (χ2v) is 5.11. The lowest BCUT2D eigenvalue weighted by molar-refractivity contribution is 0.595. The Morgan fingerprint density at radius 2 is 2.23 bits per heavy atom. The van der Waals surface area contributed by atoms with Crippen LogP contribution in [0.1, 0.15) is 17.0 Å². The highest BCUT2D eigenvalue weighted by atomic mass is 32.2. The van der Waals surface area contributed by atoms with E-state index in [1.54, 1.807) is 7.05 Å². The molecule has 0 saturated carbocycles. The largest absolute Gasteiger partial charge is 0.270 e. The molecule has 0 aliphatic carbocycles. The topological polar surface area (TPSA) is 75.8 Å². The molecule has 1 aromatic rings. The summed E-state index contributed by atoms with van der Waals surface area (Å²) in [5, 5.41) is 12.6. The number of aryl methyl sites for hydroxylation is 1. The number of aromatic nitrogens is 2. The van der Waals surface area contributed by atoms with E-state index in [9.17, 15) is 8.42 Å². The quantitative estimate of drug-likeness (QED) is 0.573. The maximum Gasteiger partial charge on any atom is 0.167 e. The summed E-state index contributed by atoms with van der Waals surface area (Å²) in [4.78, 5) is 0. The fraction of sp³-hybridized carbons (Fsp3) is 0.429. The van der Waals surface area contributed by atoms with Crippen molar-refractivity contribution in [2.75, 3.05) is 0 Å². The van der Waals surface area contributed by atoms with Crippen LogP contribution in [0.15, 0.2) is 0 Å². The van der Waals surface area contributed by atoms with Crippen molar-refractivity contribution in [3.8, 4) is 6.07 Å². The third-order valence-corrected chi connectivity index (χ3v) is 3.54. The van der Waals surface area contributed by atoms with Gasteiger partial charge in [-0.25, -0.2) is 8.42 Å². The lowest BCUT2D eigenvalue weighted by atomic mass is 10.2. The minimum Gasteiger partial charge on any atom is -0.270 e. The van der Waals surface area contributed by atoms with Gasteiger partial charge in [-0.15, -0.1) is 0 Å². The molecule has 2 rings (SSSR count). The minimum atomic E-state index is -3.03. The van der Waals surface area contributed by atoms with Crippen LogP contribution in [-0.2, 0) is 28.4 Å². The fourth-order valence-corrected chi connectivity index (χ4v) is 3.13. The van der Waals surface area contributed by atoms with Gasteiger partial charge in [0, 0.05) is 12.6 Å². The molecule has 0 radical (unpaired) electrons. The molecule has 5 nitrogen and oxygen atoms in total. The Labute approximate surface area is 75.5 Å². The Balaban J connectivity index is 2.66. The smallest absolute Gasteiger partial charge is 0.167 e. The van der Waals surface area contributed by atoms with Crippen LogP contribution in [0.2, 0.25) is 0 Å². The van der Waals surface area contributed by atoms with E-state index >= 15 is 0 Å². The van der Waals surface area contributed by atoms with E-state index in [2.05, 4.69) is 5.10 Å². The number of nitriles is 1. The number of sulfone groups is 1. The Morgan fingerprint density at radius 3 is 2.85 bits per heavy atom. The first kappa shape index (κ1) is 8.26. The van der Waals surface area contributed by atoms with Crippen molar-refractivity contribution < 1.29 is 8.42 Å². The summed E-state index contributed by atoms with van der Waals surface area (Å²) >= 11 is 0. The van der Waals surface area contributed by atoms with Crippen LogP contribution in [0, 0.1) is 11.3 Å². The number of rotatable bonds is 0. The lowest BCUT2D eigenvalue weighted by Gasteiger charge is -1.93. The van der Waals surface area contributed by atoms with E-state index in [0.29, 0.717) is 11.3 Å². The zero-order valence-corrected chi connectivity index (χ0v) is 7.80. The summed E-state index contributed by atoms with van der Waals surface area (Å²) in [7, 11) is -1.38. The van der Waals surface area contributed by atoms with E-state index in [4.69, 9.17) is 5.26 Å². The van der Waals surface area contributed by atoms with Crippen LogP contribution in [0.3, 0.4) is 0 Å². The number of hydrogen-bond donors (Lipinski definition) is 0. The van der Waals surface area contributed by atoms with Gasteiger partial charge in [0.1, 0.15) is 6.07 Å². The molecule has 0 saturated heterocycles. The van der Waals surface area contributed by atoms with Crippen molar-refractivity contribution in [1.29, 1.82) is 5.26 Å². The van der Waals surface area contributed by atoms with Crippen molar-refractivity contribution in [2.45, 2.75) is 11.5 Å². The average Bonchev–Trinajstić information content (AvgIpc) is 2.47. The predicted molar refractivity (Wildman–Crippen MR) is 44.3 cm³/mol. The van der Waals surface area contributed by atoms with Gasteiger partial charge in [-0.2, -0.15) is 10.4 Å². The van der Waals surface area contributed by atoms with Crippen molar-refractivity contribution in [2.24, 2.45) is 7.05 Å². The van der Waals surface area contributed by atoms with Crippen molar-refractivity contribution >= 4 is 9.84 Å². The Morgan fingerprint density at radius 1 is 1.54 bits per heavy atom. The second kappa shape index (κ2) is 2.33. The van der Waals surface area contributed by atoms with Gasteiger partial charge in [-0.3, -0.25) is 4.68 Å². The molecular formula is C7H7N3O2S. The van der Waals surface area contributed by atoms with Crippen molar-refractivity contribution in [1.82, 2.24) is 9.78 Å². The monoisotopic (exact) mass is 197 g/mol. The molecule has 0 amide bonds. The van der Waals surface area contributed by atoms with E-state index < -0.39 is 9.84 Å². The second-order valence-electron chi connectivity index (χ2n) is 3.04. The molecule has 0 aromatic carbocycles. The van der Waals surface area contributed by atoms with Gasteiger partial charge in [-0.1, -0.05) is 0 Å². The molecule has 1 aliphatic rings. The minimum absolute atomic E-state index is 0.00745. The molecule has 0 N–H and O–H groups in total. The third kappa shape index (κ3) is 1.12. The van der Waals surface area contributed by atoms with Gasteiger partial charge in [0.05, 0.1) is 17.2 Å². The Kier molecular flexibility index (Phi) is 1.48. The van der Waals surface area contributed by atoms with Gasteiger partial charge in [0.2, 0.25) is 0 Å². The van der Waals surface area contributed by atoms with Crippen LogP contribution in [0.5, 0.6) is 0 Å². The Hall–Kier alpha value is -1.35. The van der Waals surface area contributed by atoms with E-state index in [0.717, 1.165) is 0 Å². The van der Waals surface area contributed by atoms with Gasteiger partial charge in [0.15, 0.2) is 15.5 Å². The molecule has 0 atom stereocenters. The summed E-state index contributed by atoms with van der Waals surface area (Å²) in [6, 6.07) is 1.89. The zero-order valence-electron chi connectivity index (χ0n) is 6.98. The fourth-order valence-electron chi connectivity index (χ4n) is 1.50. The molecule has 13 heavy (non-hydrogen) atoms. The summed E-state index contributed by atoms with van der Waals surface area (Å²) in [6.45, 7) is 0. The lowest BCUT2D eigenvalue weighted by Crippen LogP contribution is -2.03. The molecule has 6 heteroatoms. The summed E-state index contributed by atoms with van der Waals surface area (Å²) < 4.78 is 23.9. The number of nitrogens with zero attached hydrogens (tertiary/aromatic N) is 3. The van der Waals surface area contributed by atoms with Crippen LogP contribution in [-0.4, -0.2) is 18.2 Å². The summed E-state index contributed by atoms with van der Waals surface area (Å²) in [5.41, 5.74) is 1.46. The molecule has 1 aliphatic heterocycles. The van der Waals surface area contributed by atoms with Gasteiger partial charge >= 0.3 is 0 Å². The zero-order chi connectivity index (χ0) is 9.64. The molecule has 0 bridgehead atoms. The molecule has 0 fully saturated rings. The highest BCUT2D eigenvalue weighted by Crippen LogP contribution is 2.26. The highest BCUT2D eigenvalue weighted by Gasteiger charge is 2.31. The molecule has 68 valence electrons. The highest BCUT2D eigenvalue weighted by molar-refractivity contribution is 7.90.